The van der Waals surface area contributed by atoms with Crippen LogP contribution in [0.15, 0.2) is 48.0 Å². The van der Waals surface area contributed by atoms with Crippen LogP contribution in [0.5, 0.6) is 11.5 Å². The molecule has 0 saturated heterocycles. The predicted octanol–water partition coefficient (Wildman–Crippen LogP) is 3.99. The second-order valence-electron chi connectivity index (χ2n) is 4.77. The number of hydrogen-bond donors (Lipinski definition) is 2. The molecule has 0 aliphatic heterocycles. The summed E-state index contributed by atoms with van der Waals surface area (Å²) in [5.74, 6) is -0.522. The molecule has 2 aromatic rings. The number of ether oxygens (including phenoxy) is 1. The van der Waals surface area contributed by atoms with E-state index < -0.39 is 5.91 Å². The van der Waals surface area contributed by atoms with Gasteiger partial charge in [-0.25, -0.2) is 0 Å². The Bertz CT molecular complexity index is 811. The lowest BCUT2D eigenvalue weighted by molar-refractivity contribution is -0.112. The topological polar surface area (TPSA) is 82.3 Å². The van der Waals surface area contributed by atoms with Gasteiger partial charge in [-0.15, -0.1) is 0 Å². The molecule has 122 valence electrons. The van der Waals surface area contributed by atoms with Gasteiger partial charge in [0.15, 0.2) is 11.5 Å². The van der Waals surface area contributed by atoms with Crippen molar-refractivity contribution in [2.75, 3.05) is 11.9 Å². The van der Waals surface area contributed by atoms with Crippen LogP contribution in [0.2, 0.25) is 5.02 Å². The molecule has 1 amide bonds. The highest BCUT2D eigenvalue weighted by Gasteiger charge is 2.12. The highest BCUT2D eigenvalue weighted by Crippen LogP contribution is 2.35. The maximum absolute atomic E-state index is 12.2. The zero-order valence-corrected chi connectivity index (χ0v) is 13.7. The summed E-state index contributed by atoms with van der Waals surface area (Å²) in [5, 5.41) is 21.8. The zero-order valence-electron chi connectivity index (χ0n) is 12.9. The van der Waals surface area contributed by atoms with Gasteiger partial charge in [0.05, 0.1) is 11.6 Å². The van der Waals surface area contributed by atoms with Crippen molar-refractivity contribution in [3.8, 4) is 17.6 Å². The molecule has 0 bridgehead atoms. The molecule has 24 heavy (non-hydrogen) atoms. The third-order valence-corrected chi connectivity index (χ3v) is 3.35. The SMILES string of the molecule is CCOc1cc(/C=C(\C#N)C(=O)Nc2ccccc2)cc(Cl)c1O. The van der Waals surface area contributed by atoms with Crippen LogP contribution in [0.3, 0.4) is 0 Å². The fraction of sp³-hybridized carbons (Fsp3) is 0.111. The van der Waals surface area contributed by atoms with Gasteiger partial charge in [0.25, 0.3) is 5.91 Å². The van der Waals surface area contributed by atoms with Crippen molar-refractivity contribution < 1.29 is 14.6 Å². The first-order valence-corrected chi connectivity index (χ1v) is 7.56. The molecule has 0 aromatic heterocycles. The smallest absolute Gasteiger partial charge is 0.266 e. The maximum Gasteiger partial charge on any atom is 0.266 e. The van der Waals surface area contributed by atoms with Gasteiger partial charge >= 0.3 is 0 Å². The molecule has 0 unspecified atom stereocenters. The number of nitriles is 1. The highest BCUT2D eigenvalue weighted by atomic mass is 35.5. The van der Waals surface area contributed by atoms with Gasteiger partial charge in [-0.2, -0.15) is 5.26 Å². The highest BCUT2D eigenvalue weighted by molar-refractivity contribution is 6.32. The summed E-state index contributed by atoms with van der Waals surface area (Å²) < 4.78 is 5.28. The first kappa shape index (κ1) is 17.4. The van der Waals surface area contributed by atoms with Crippen LogP contribution in [0.1, 0.15) is 12.5 Å². The second kappa shape index (κ2) is 8.04. The molecule has 5 nitrogen and oxygen atoms in total. The molecule has 0 aliphatic carbocycles. The molecule has 0 atom stereocenters. The standard InChI is InChI=1S/C18H15ClN2O3/c1-2-24-16-10-12(9-15(19)17(16)22)8-13(11-20)18(23)21-14-6-4-3-5-7-14/h3-10,22H,2H2,1H3,(H,21,23)/b13-8+. The number of hydrogen-bond acceptors (Lipinski definition) is 4. The first-order valence-electron chi connectivity index (χ1n) is 7.18. The van der Waals surface area contributed by atoms with Crippen molar-refractivity contribution >= 4 is 29.3 Å². The quantitative estimate of drug-likeness (QED) is 0.635. The Hall–Kier alpha value is -2.97. The van der Waals surface area contributed by atoms with E-state index in [9.17, 15) is 15.2 Å². The van der Waals surface area contributed by atoms with E-state index >= 15 is 0 Å². The number of phenols is 1. The first-order chi connectivity index (χ1) is 11.5. The minimum atomic E-state index is -0.536. The van der Waals surface area contributed by atoms with Crippen LogP contribution in [-0.2, 0) is 4.79 Å². The Morgan fingerprint density at radius 2 is 2.08 bits per heavy atom. The Balaban J connectivity index is 2.30. The van der Waals surface area contributed by atoms with Crippen molar-refractivity contribution in [2.24, 2.45) is 0 Å². The van der Waals surface area contributed by atoms with Crippen LogP contribution in [0, 0.1) is 11.3 Å². The molecule has 0 aliphatic rings. The Morgan fingerprint density at radius 1 is 1.38 bits per heavy atom. The van der Waals surface area contributed by atoms with E-state index in [-0.39, 0.29) is 22.1 Å². The molecular formula is C18H15ClN2O3. The molecule has 0 heterocycles. The lowest BCUT2D eigenvalue weighted by Crippen LogP contribution is -2.13. The monoisotopic (exact) mass is 342 g/mol. The summed E-state index contributed by atoms with van der Waals surface area (Å²) in [5.41, 5.74) is 0.964. The van der Waals surface area contributed by atoms with E-state index in [0.717, 1.165) is 0 Å². The van der Waals surface area contributed by atoms with Crippen molar-refractivity contribution in [1.82, 2.24) is 0 Å². The average Bonchev–Trinajstić information content (AvgIpc) is 2.58. The number of rotatable bonds is 5. The summed E-state index contributed by atoms with van der Waals surface area (Å²) >= 11 is 5.95. The van der Waals surface area contributed by atoms with Gasteiger partial charge in [0, 0.05) is 5.69 Å². The normalized spacial score (nSPS) is 10.8. The third-order valence-electron chi connectivity index (χ3n) is 3.06. The number of benzene rings is 2. The number of phenolic OH excluding ortho intramolecular Hbond substituents is 1. The Kier molecular flexibility index (Phi) is 5.83. The predicted molar refractivity (Wildman–Crippen MR) is 92.9 cm³/mol. The van der Waals surface area contributed by atoms with E-state index in [0.29, 0.717) is 17.9 Å². The summed E-state index contributed by atoms with van der Waals surface area (Å²) in [7, 11) is 0. The van der Waals surface area contributed by atoms with Gasteiger partial charge in [-0.3, -0.25) is 4.79 Å². The molecule has 0 fully saturated rings. The summed E-state index contributed by atoms with van der Waals surface area (Å²) in [6.45, 7) is 2.11. The molecule has 0 spiro atoms. The molecular weight excluding hydrogens is 328 g/mol. The van der Waals surface area contributed by atoms with Crippen molar-refractivity contribution in [3.05, 3.63) is 58.6 Å². The number of nitrogens with zero attached hydrogens (tertiary/aromatic N) is 1. The van der Waals surface area contributed by atoms with Crippen molar-refractivity contribution in [2.45, 2.75) is 6.92 Å². The number of nitrogens with one attached hydrogen (secondary N) is 1. The lowest BCUT2D eigenvalue weighted by Gasteiger charge is -2.09. The van der Waals surface area contributed by atoms with Crippen LogP contribution in [-0.4, -0.2) is 17.6 Å². The van der Waals surface area contributed by atoms with E-state index in [1.165, 1.54) is 18.2 Å². The molecule has 0 saturated carbocycles. The molecule has 0 radical (unpaired) electrons. The minimum Gasteiger partial charge on any atom is -0.503 e. The number of carbonyl (C=O) groups excluding carboxylic acids is 1. The fourth-order valence-corrected chi connectivity index (χ4v) is 2.20. The third kappa shape index (κ3) is 4.28. The summed E-state index contributed by atoms with van der Waals surface area (Å²) in [4.78, 5) is 12.2. The Labute approximate surface area is 144 Å². The Morgan fingerprint density at radius 3 is 2.71 bits per heavy atom. The number of para-hydroxylation sites is 1. The lowest BCUT2D eigenvalue weighted by atomic mass is 10.1. The van der Waals surface area contributed by atoms with Crippen LogP contribution >= 0.6 is 11.6 Å². The largest absolute Gasteiger partial charge is 0.503 e. The number of anilines is 1. The summed E-state index contributed by atoms with van der Waals surface area (Å²) in [6.07, 6.45) is 1.38. The van der Waals surface area contributed by atoms with E-state index in [4.69, 9.17) is 16.3 Å². The van der Waals surface area contributed by atoms with Crippen LogP contribution < -0.4 is 10.1 Å². The van der Waals surface area contributed by atoms with Crippen molar-refractivity contribution in [3.63, 3.8) is 0 Å². The second-order valence-corrected chi connectivity index (χ2v) is 5.18. The van der Waals surface area contributed by atoms with Crippen molar-refractivity contribution in [1.29, 1.82) is 5.26 Å². The van der Waals surface area contributed by atoms with Gasteiger partial charge in [0.2, 0.25) is 0 Å². The zero-order chi connectivity index (χ0) is 17.5. The maximum atomic E-state index is 12.2. The molecule has 2 aromatic carbocycles. The average molecular weight is 343 g/mol. The van der Waals surface area contributed by atoms with Gasteiger partial charge in [-0.1, -0.05) is 29.8 Å². The van der Waals surface area contributed by atoms with E-state index in [1.807, 2.05) is 12.1 Å². The van der Waals surface area contributed by atoms with Crippen LogP contribution in [0.25, 0.3) is 6.08 Å². The molecule has 2 rings (SSSR count). The number of amides is 1. The number of carbonyl (C=O) groups is 1. The van der Waals surface area contributed by atoms with Crippen LogP contribution in [0.4, 0.5) is 5.69 Å². The van der Waals surface area contributed by atoms with Gasteiger partial charge in [0.1, 0.15) is 11.6 Å². The van der Waals surface area contributed by atoms with Gasteiger partial charge in [-0.05, 0) is 42.8 Å². The minimum absolute atomic E-state index is 0.0768. The summed E-state index contributed by atoms with van der Waals surface area (Å²) in [6, 6.07) is 13.6. The molecule has 2 N–H and O–H groups in total. The number of aromatic hydroxyl groups is 1. The van der Waals surface area contributed by atoms with Gasteiger partial charge < -0.3 is 15.2 Å². The molecule has 6 heteroatoms. The fourth-order valence-electron chi connectivity index (χ4n) is 1.98. The number of halogens is 1. The van der Waals surface area contributed by atoms with E-state index in [1.54, 1.807) is 31.2 Å². The van der Waals surface area contributed by atoms with E-state index in [2.05, 4.69) is 5.32 Å².